The average molecular weight is 177 g/mol. The van der Waals surface area contributed by atoms with Crippen molar-refractivity contribution < 1.29 is 9.90 Å². The van der Waals surface area contributed by atoms with E-state index in [2.05, 4.69) is 5.32 Å². The highest BCUT2D eigenvalue weighted by Gasteiger charge is 1.99. The van der Waals surface area contributed by atoms with Gasteiger partial charge in [0.05, 0.1) is 6.61 Å². The van der Waals surface area contributed by atoms with Crippen LogP contribution in [-0.2, 0) is 11.4 Å². The molecule has 2 N–H and O–H groups in total. The van der Waals surface area contributed by atoms with Gasteiger partial charge in [-0.3, -0.25) is 4.79 Å². The lowest BCUT2D eigenvalue weighted by Crippen LogP contribution is -2.06. The van der Waals surface area contributed by atoms with E-state index in [-0.39, 0.29) is 12.5 Å². The van der Waals surface area contributed by atoms with Gasteiger partial charge in [-0.2, -0.15) is 0 Å². The summed E-state index contributed by atoms with van der Waals surface area (Å²) in [6.45, 7) is 6.93. The second kappa shape index (κ2) is 4.05. The van der Waals surface area contributed by atoms with Gasteiger partial charge in [0.25, 0.3) is 0 Å². The Kier molecular flexibility index (Phi) is 3.03. The molecule has 1 aromatic rings. The van der Waals surface area contributed by atoms with E-state index in [1.165, 1.54) is 6.92 Å². The minimum absolute atomic E-state index is 0.0911. The quantitative estimate of drug-likeness (QED) is 0.713. The van der Waals surface area contributed by atoms with Gasteiger partial charge >= 0.3 is 0 Å². The highest BCUT2D eigenvalue weighted by molar-refractivity contribution is 5.88. The summed E-state index contributed by atoms with van der Waals surface area (Å²) in [5.41, 5.74) is 1.78. The summed E-state index contributed by atoms with van der Waals surface area (Å²) in [5, 5.41) is 11.4. The molecule has 0 bridgehead atoms. The molecule has 1 amide bonds. The van der Waals surface area contributed by atoms with E-state index in [0.717, 1.165) is 0 Å². The first-order valence-electron chi connectivity index (χ1n) is 3.90. The maximum Gasteiger partial charge on any atom is 0.221 e. The lowest BCUT2D eigenvalue weighted by atomic mass is 10.1. The van der Waals surface area contributed by atoms with Gasteiger partial charge < -0.3 is 10.4 Å². The molecule has 13 heavy (non-hydrogen) atoms. The molecule has 3 nitrogen and oxygen atoms in total. The third kappa shape index (κ3) is 2.56. The Morgan fingerprint density at radius 1 is 1.62 bits per heavy atom. The number of aliphatic hydroxyl groups is 1. The highest BCUT2D eigenvalue weighted by Crippen LogP contribution is 2.14. The minimum atomic E-state index is -0.142. The van der Waals surface area contributed by atoms with Crippen LogP contribution in [-0.4, -0.2) is 11.0 Å². The maximum atomic E-state index is 10.7. The SMILES string of the molecule is [CH]c1cc(NC(C)=O)ccc1CO. The van der Waals surface area contributed by atoms with Crippen molar-refractivity contribution in [3.05, 3.63) is 36.2 Å². The summed E-state index contributed by atoms with van der Waals surface area (Å²) in [5.74, 6) is -0.142. The van der Waals surface area contributed by atoms with Crippen LogP contribution in [0.1, 0.15) is 18.1 Å². The molecule has 0 aliphatic heterocycles. The summed E-state index contributed by atoms with van der Waals surface area (Å²) < 4.78 is 0. The van der Waals surface area contributed by atoms with Crippen molar-refractivity contribution in [3.63, 3.8) is 0 Å². The molecule has 1 rings (SSSR count). The van der Waals surface area contributed by atoms with Gasteiger partial charge in [0, 0.05) is 12.6 Å². The lowest BCUT2D eigenvalue weighted by Gasteiger charge is -2.05. The van der Waals surface area contributed by atoms with Gasteiger partial charge in [0.15, 0.2) is 0 Å². The first-order valence-corrected chi connectivity index (χ1v) is 3.90. The smallest absolute Gasteiger partial charge is 0.221 e. The summed E-state index contributed by atoms with van der Waals surface area (Å²) in [6.07, 6.45) is 0. The van der Waals surface area contributed by atoms with Gasteiger partial charge in [0.2, 0.25) is 5.91 Å². The Balaban J connectivity index is 2.89. The third-order valence-electron chi connectivity index (χ3n) is 1.64. The fourth-order valence-corrected chi connectivity index (χ4v) is 1.02. The first kappa shape index (κ1) is 9.74. The van der Waals surface area contributed by atoms with Crippen molar-refractivity contribution in [2.45, 2.75) is 13.5 Å². The Bertz CT molecular complexity index is 321. The number of nitrogens with one attached hydrogen (secondary N) is 1. The first-order chi connectivity index (χ1) is 6.13. The largest absolute Gasteiger partial charge is 0.392 e. The van der Waals surface area contributed by atoms with Gasteiger partial charge in [-0.25, -0.2) is 0 Å². The van der Waals surface area contributed by atoms with Crippen LogP contribution in [0.5, 0.6) is 0 Å². The molecule has 0 atom stereocenters. The van der Waals surface area contributed by atoms with Crippen molar-refractivity contribution in [1.82, 2.24) is 0 Å². The molecule has 0 saturated carbocycles. The molecule has 0 fully saturated rings. The molecular formula is C10H11NO2. The fraction of sp³-hybridized carbons (Fsp3) is 0.200. The number of aliphatic hydroxyl groups excluding tert-OH is 1. The molecule has 3 heteroatoms. The summed E-state index contributed by atoms with van der Waals surface area (Å²) in [7, 11) is 0. The van der Waals surface area contributed by atoms with Crippen LogP contribution in [0.15, 0.2) is 18.2 Å². The van der Waals surface area contributed by atoms with E-state index < -0.39 is 0 Å². The second-order valence-electron chi connectivity index (χ2n) is 2.75. The summed E-state index contributed by atoms with van der Waals surface area (Å²) >= 11 is 0. The zero-order valence-corrected chi connectivity index (χ0v) is 7.37. The van der Waals surface area contributed by atoms with E-state index >= 15 is 0 Å². The van der Waals surface area contributed by atoms with Crippen LogP contribution in [0, 0.1) is 6.92 Å². The van der Waals surface area contributed by atoms with Gasteiger partial charge in [-0.1, -0.05) is 6.07 Å². The molecule has 0 unspecified atom stereocenters. The maximum absolute atomic E-state index is 10.7. The highest BCUT2D eigenvalue weighted by atomic mass is 16.3. The molecule has 0 saturated heterocycles. The monoisotopic (exact) mass is 177 g/mol. The number of amides is 1. The van der Waals surface area contributed by atoms with E-state index in [1.807, 2.05) is 0 Å². The molecule has 0 aromatic heterocycles. The summed E-state index contributed by atoms with van der Waals surface area (Å²) in [4.78, 5) is 10.7. The Morgan fingerprint density at radius 3 is 2.77 bits per heavy atom. The Morgan fingerprint density at radius 2 is 2.31 bits per heavy atom. The van der Waals surface area contributed by atoms with Crippen LogP contribution in [0.3, 0.4) is 0 Å². The van der Waals surface area contributed by atoms with E-state index in [1.54, 1.807) is 18.2 Å². The topological polar surface area (TPSA) is 49.3 Å². The predicted octanol–water partition coefficient (Wildman–Crippen LogP) is 1.20. The number of carbonyl (C=O) groups is 1. The molecule has 0 heterocycles. The van der Waals surface area contributed by atoms with Crippen LogP contribution in [0.2, 0.25) is 0 Å². The normalized spacial score (nSPS) is 9.77. The van der Waals surface area contributed by atoms with Crippen LogP contribution in [0.25, 0.3) is 0 Å². The van der Waals surface area contributed by atoms with E-state index in [9.17, 15) is 4.79 Å². The molecule has 0 aliphatic rings. The number of benzene rings is 1. The molecule has 0 spiro atoms. The second-order valence-corrected chi connectivity index (χ2v) is 2.75. The zero-order chi connectivity index (χ0) is 9.84. The Labute approximate surface area is 77.4 Å². The van der Waals surface area contributed by atoms with Gasteiger partial charge in [-0.15, -0.1) is 0 Å². The fourth-order valence-electron chi connectivity index (χ4n) is 1.02. The molecule has 2 radical (unpaired) electrons. The van der Waals surface area contributed by atoms with E-state index in [4.69, 9.17) is 12.0 Å². The van der Waals surface area contributed by atoms with Crippen LogP contribution >= 0.6 is 0 Å². The standard InChI is InChI=1S/C10H11NO2/c1-7-5-10(11-8(2)13)4-3-9(7)6-12/h1,3-5,12H,6H2,2H3,(H,11,13). The van der Waals surface area contributed by atoms with E-state index in [0.29, 0.717) is 16.8 Å². The zero-order valence-electron chi connectivity index (χ0n) is 7.37. The van der Waals surface area contributed by atoms with Crippen molar-refractivity contribution in [1.29, 1.82) is 0 Å². The molecular weight excluding hydrogens is 166 g/mol. The Hall–Kier alpha value is -1.35. The average Bonchev–Trinajstić information content (AvgIpc) is 2.03. The van der Waals surface area contributed by atoms with Crippen LogP contribution in [0.4, 0.5) is 5.69 Å². The number of hydrogen-bond acceptors (Lipinski definition) is 2. The minimum Gasteiger partial charge on any atom is -0.392 e. The summed E-state index contributed by atoms with van der Waals surface area (Å²) in [6, 6.07) is 5.00. The third-order valence-corrected chi connectivity index (χ3v) is 1.64. The van der Waals surface area contributed by atoms with Gasteiger partial charge in [-0.05, 0) is 30.2 Å². The molecule has 68 valence electrons. The van der Waals surface area contributed by atoms with Crippen molar-refractivity contribution in [2.24, 2.45) is 0 Å². The molecule has 1 aromatic carbocycles. The van der Waals surface area contributed by atoms with Crippen molar-refractivity contribution >= 4 is 11.6 Å². The number of carbonyl (C=O) groups excluding carboxylic acids is 1. The van der Waals surface area contributed by atoms with Crippen molar-refractivity contribution in [2.75, 3.05) is 5.32 Å². The predicted molar refractivity (Wildman–Crippen MR) is 50.1 cm³/mol. The number of anilines is 1. The number of rotatable bonds is 2. The van der Waals surface area contributed by atoms with Crippen molar-refractivity contribution in [3.8, 4) is 0 Å². The number of hydrogen-bond donors (Lipinski definition) is 2. The van der Waals surface area contributed by atoms with Crippen LogP contribution < -0.4 is 5.32 Å². The lowest BCUT2D eigenvalue weighted by molar-refractivity contribution is -0.114. The van der Waals surface area contributed by atoms with Gasteiger partial charge in [0.1, 0.15) is 0 Å². The molecule has 0 aliphatic carbocycles.